The van der Waals surface area contributed by atoms with Gasteiger partial charge in [-0.3, -0.25) is 9.48 Å². The summed E-state index contributed by atoms with van der Waals surface area (Å²) in [4.78, 5) is 11.6. The average molecular weight is 538 g/mol. The van der Waals surface area contributed by atoms with E-state index in [9.17, 15) is 22.7 Å². The molecule has 8 nitrogen and oxygen atoms in total. The second-order valence-corrected chi connectivity index (χ2v) is 11.5. The second kappa shape index (κ2) is 10.2. The van der Waals surface area contributed by atoms with Crippen molar-refractivity contribution in [2.24, 2.45) is 0 Å². The number of carboxylic acids is 1. The summed E-state index contributed by atoms with van der Waals surface area (Å²) >= 11 is 0. The third kappa shape index (κ3) is 5.01. The van der Waals surface area contributed by atoms with Gasteiger partial charge in [0, 0.05) is 11.9 Å². The van der Waals surface area contributed by atoms with Gasteiger partial charge in [-0.15, -0.1) is 0 Å². The molecule has 0 bridgehead atoms. The van der Waals surface area contributed by atoms with Gasteiger partial charge < -0.3 is 9.84 Å². The van der Waals surface area contributed by atoms with Gasteiger partial charge in [-0.2, -0.15) is 9.40 Å². The zero-order valence-electron chi connectivity index (χ0n) is 21.0. The molecule has 3 aromatic carbocycles. The van der Waals surface area contributed by atoms with Gasteiger partial charge in [0.1, 0.15) is 11.6 Å². The first kappa shape index (κ1) is 25.9. The van der Waals surface area contributed by atoms with E-state index in [0.29, 0.717) is 28.8 Å². The Morgan fingerprint density at radius 3 is 2.47 bits per heavy atom. The molecule has 0 radical (unpaired) electrons. The summed E-state index contributed by atoms with van der Waals surface area (Å²) in [5.41, 5.74) is 1.57. The number of carboxylic acid groups (broad SMARTS) is 1. The first-order chi connectivity index (χ1) is 18.1. The first-order valence-electron chi connectivity index (χ1n) is 12.4. The number of aromatic nitrogens is 2. The van der Waals surface area contributed by atoms with Gasteiger partial charge in [0.2, 0.25) is 10.0 Å². The summed E-state index contributed by atoms with van der Waals surface area (Å²) in [5.74, 6) is -0.955. The highest BCUT2D eigenvalue weighted by molar-refractivity contribution is 7.89. The minimum atomic E-state index is -3.93. The van der Waals surface area contributed by atoms with Crippen molar-refractivity contribution in [3.63, 3.8) is 0 Å². The first-order valence-corrected chi connectivity index (χ1v) is 13.8. The van der Waals surface area contributed by atoms with Crippen LogP contribution in [0.15, 0.2) is 77.7 Å². The van der Waals surface area contributed by atoms with Crippen LogP contribution in [0.5, 0.6) is 5.75 Å². The number of carbonyl (C=O) groups is 1. The molecule has 0 amide bonds. The van der Waals surface area contributed by atoms with Crippen LogP contribution in [0.2, 0.25) is 0 Å². The number of ether oxygens (including phenoxy) is 1. The zero-order chi connectivity index (χ0) is 27.0. The van der Waals surface area contributed by atoms with E-state index in [1.807, 2.05) is 44.2 Å². The van der Waals surface area contributed by atoms with Crippen LogP contribution >= 0.6 is 0 Å². The van der Waals surface area contributed by atoms with E-state index in [1.54, 1.807) is 16.8 Å². The number of sulfonamides is 1. The van der Waals surface area contributed by atoms with Crippen LogP contribution < -0.4 is 4.74 Å². The average Bonchev–Trinajstić information content (AvgIpc) is 3.47. The molecule has 1 aromatic heterocycles. The molecule has 2 heterocycles. The van der Waals surface area contributed by atoms with E-state index in [2.05, 4.69) is 5.10 Å². The number of benzene rings is 3. The smallest absolute Gasteiger partial charge is 0.309 e. The standard InChI is InChI=1S/C28H28FN3O5S/c1-18(2)37-22-9-11-23(12-10-22)38(35,36)31-17-21(15-26(31)19-6-4-3-5-7-19)32-27-14-20(29)8-13-24(27)25(30-32)16-28(33)34/h3-14,18,21,26H,15-17H2,1-2H3,(H,33,34)/t21-,26+/m1/s1. The fraction of sp³-hybridized carbons (Fsp3) is 0.286. The Hall–Kier alpha value is -3.76. The summed E-state index contributed by atoms with van der Waals surface area (Å²) in [6.45, 7) is 3.88. The molecule has 0 unspecified atom stereocenters. The van der Waals surface area contributed by atoms with Crippen molar-refractivity contribution < 1.29 is 27.4 Å². The van der Waals surface area contributed by atoms with E-state index < -0.39 is 33.9 Å². The fourth-order valence-corrected chi connectivity index (χ4v) is 6.69. The molecule has 38 heavy (non-hydrogen) atoms. The predicted octanol–water partition coefficient (Wildman–Crippen LogP) is 4.97. The predicted molar refractivity (Wildman–Crippen MR) is 140 cm³/mol. The lowest BCUT2D eigenvalue weighted by molar-refractivity contribution is -0.136. The summed E-state index contributed by atoms with van der Waals surface area (Å²) < 4.78 is 50.8. The SMILES string of the molecule is CC(C)Oc1ccc(S(=O)(=O)N2C[C@H](n3nc(CC(=O)O)c4ccc(F)cc43)C[C@H]2c2ccccc2)cc1. The molecular formula is C28H28FN3O5S. The lowest BCUT2D eigenvalue weighted by Gasteiger charge is -2.24. The van der Waals surface area contributed by atoms with Crippen LogP contribution in [-0.4, -0.2) is 46.2 Å². The van der Waals surface area contributed by atoms with Crippen LogP contribution in [0.25, 0.3) is 10.9 Å². The highest BCUT2D eigenvalue weighted by Gasteiger charge is 2.42. The summed E-state index contributed by atoms with van der Waals surface area (Å²) in [5, 5.41) is 14.4. The number of halogens is 1. The molecule has 10 heteroatoms. The normalized spacial score (nSPS) is 18.3. The highest BCUT2D eigenvalue weighted by atomic mass is 32.2. The highest BCUT2D eigenvalue weighted by Crippen LogP contribution is 2.42. The van der Waals surface area contributed by atoms with Crippen molar-refractivity contribution >= 4 is 26.9 Å². The summed E-state index contributed by atoms with van der Waals surface area (Å²) in [6.07, 6.45) is 0.0213. The van der Waals surface area contributed by atoms with Gasteiger partial charge in [-0.05, 0) is 68.3 Å². The molecule has 1 aliphatic rings. The Morgan fingerprint density at radius 2 is 1.82 bits per heavy atom. The number of nitrogens with zero attached hydrogens (tertiary/aromatic N) is 3. The Balaban J connectivity index is 1.56. The number of hydrogen-bond donors (Lipinski definition) is 1. The Bertz CT molecular complexity index is 1570. The Kier molecular flexibility index (Phi) is 6.93. The number of fused-ring (bicyclic) bond motifs is 1. The van der Waals surface area contributed by atoms with Gasteiger partial charge in [0.15, 0.2) is 0 Å². The maximum Gasteiger partial charge on any atom is 0.309 e. The van der Waals surface area contributed by atoms with Crippen molar-refractivity contribution in [1.82, 2.24) is 14.1 Å². The van der Waals surface area contributed by atoms with Crippen molar-refractivity contribution in [2.75, 3.05) is 6.54 Å². The van der Waals surface area contributed by atoms with Crippen molar-refractivity contribution in [3.8, 4) is 5.75 Å². The minimum Gasteiger partial charge on any atom is -0.491 e. The van der Waals surface area contributed by atoms with Crippen LogP contribution in [0, 0.1) is 5.82 Å². The van der Waals surface area contributed by atoms with E-state index in [0.717, 1.165) is 5.56 Å². The topological polar surface area (TPSA) is 102 Å². The maximum absolute atomic E-state index is 14.2. The maximum atomic E-state index is 14.2. The second-order valence-electron chi connectivity index (χ2n) is 9.65. The lowest BCUT2D eigenvalue weighted by atomic mass is 10.0. The number of rotatable bonds is 8. The molecule has 1 fully saturated rings. The van der Waals surface area contributed by atoms with E-state index in [1.165, 1.54) is 34.6 Å². The molecule has 198 valence electrons. The van der Waals surface area contributed by atoms with Gasteiger partial charge in [0.25, 0.3) is 0 Å². The Labute approximate surface area is 220 Å². The van der Waals surface area contributed by atoms with Gasteiger partial charge in [-0.1, -0.05) is 30.3 Å². The monoisotopic (exact) mass is 537 g/mol. The number of aliphatic carboxylic acids is 1. The van der Waals surface area contributed by atoms with Crippen molar-refractivity contribution in [1.29, 1.82) is 0 Å². The third-order valence-corrected chi connectivity index (χ3v) is 8.52. The molecule has 2 atom stereocenters. The van der Waals surface area contributed by atoms with E-state index in [-0.39, 0.29) is 24.0 Å². The fourth-order valence-electron chi connectivity index (χ4n) is 5.03. The third-order valence-electron chi connectivity index (χ3n) is 6.63. The largest absolute Gasteiger partial charge is 0.491 e. The summed E-state index contributed by atoms with van der Waals surface area (Å²) in [7, 11) is -3.93. The van der Waals surface area contributed by atoms with E-state index >= 15 is 0 Å². The van der Waals surface area contributed by atoms with Crippen molar-refractivity contribution in [3.05, 3.63) is 89.9 Å². The molecular weight excluding hydrogens is 509 g/mol. The molecule has 0 spiro atoms. The van der Waals surface area contributed by atoms with Gasteiger partial charge in [-0.25, -0.2) is 12.8 Å². The van der Waals surface area contributed by atoms with Crippen molar-refractivity contribution in [2.45, 2.75) is 49.8 Å². The Morgan fingerprint density at radius 1 is 1.11 bits per heavy atom. The minimum absolute atomic E-state index is 0.0426. The van der Waals surface area contributed by atoms with Crippen LogP contribution in [0.1, 0.15) is 43.6 Å². The van der Waals surface area contributed by atoms with Gasteiger partial charge >= 0.3 is 5.97 Å². The molecule has 0 aliphatic carbocycles. The molecule has 1 saturated heterocycles. The summed E-state index contributed by atoms with van der Waals surface area (Å²) in [6, 6.07) is 18.9. The van der Waals surface area contributed by atoms with Gasteiger partial charge in [0.05, 0.1) is 40.7 Å². The quantitative estimate of drug-likeness (QED) is 0.341. The zero-order valence-corrected chi connectivity index (χ0v) is 21.8. The van der Waals surface area contributed by atoms with Crippen LogP contribution in [0.3, 0.4) is 0 Å². The number of hydrogen-bond acceptors (Lipinski definition) is 5. The molecule has 4 aromatic rings. The molecule has 1 N–H and O–H groups in total. The molecule has 5 rings (SSSR count). The van der Waals surface area contributed by atoms with E-state index in [4.69, 9.17) is 4.74 Å². The van der Waals surface area contributed by atoms with Crippen LogP contribution in [-0.2, 0) is 21.2 Å². The lowest BCUT2D eigenvalue weighted by Crippen LogP contribution is -2.31. The molecule has 1 aliphatic heterocycles. The van der Waals surface area contributed by atoms with Crippen LogP contribution in [0.4, 0.5) is 4.39 Å². The molecule has 0 saturated carbocycles.